The standard InChI is InChI=1S/C33H32F3NO4/c1-21(22-6-4-7-22)37(20-25-10-14-28(39-2)19-31(25)40-3)32(38)24-11-17-29-23(18-24)8-5-9-30(29)41-27-15-12-26(13-16-27)33(34,35)36/h5,8-19,21-22H,4,6-7,20H2,1-3H3. The fourth-order valence-corrected chi connectivity index (χ4v) is 5.22. The molecule has 0 radical (unpaired) electrons. The van der Waals surface area contributed by atoms with E-state index < -0.39 is 11.7 Å². The van der Waals surface area contributed by atoms with Gasteiger partial charge in [-0.15, -0.1) is 0 Å². The highest BCUT2D eigenvalue weighted by Gasteiger charge is 2.33. The summed E-state index contributed by atoms with van der Waals surface area (Å²) in [6, 6.07) is 21.1. The molecule has 0 bridgehead atoms. The van der Waals surface area contributed by atoms with Crippen LogP contribution < -0.4 is 14.2 Å². The molecule has 1 saturated carbocycles. The fraction of sp³-hybridized carbons (Fsp3) is 0.303. The van der Waals surface area contributed by atoms with Crippen LogP contribution >= 0.6 is 0 Å². The molecule has 41 heavy (non-hydrogen) atoms. The third-order valence-electron chi connectivity index (χ3n) is 7.92. The van der Waals surface area contributed by atoms with Crippen molar-refractivity contribution in [3.63, 3.8) is 0 Å². The molecule has 4 aromatic rings. The monoisotopic (exact) mass is 563 g/mol. The maximum absolute atomic E-state index is 14.0. The second kappa shape index (κ2) is 11.7. The summed E-state index contributed by atoms with van der Waals surface area (Å²) in [4.78, 5) is 15.9. The van der Waals surface area contributed by atoms with E-state index in [2.05, 4.69) is 6.92 Å². The molecule has 214 valence electrons. The minimum atomic E-state index is -4.41. The molecular weight excluding hydrogens is 531 g/mol. The predicted octanol–water partition coefficient (Wildman–Crippen LogP) is 8.50. The fourth-order valence-electron chi connectivity index (χ4n) is 5.22. The Balaban J connectivity index is 1.43. The molecule has 1 atom stereocenters. The summed E-state index contributed by atoms with van der Waals surface area (Å²) in [5, 5.41) is 1.54. The van der Waals surface area contributed by atoms with E-state index in [1.165, 1.54) is 18.6 Å². The van der Waals surface area contributed by atoms with Crippen LogP contribution in [0.2, 0.25) is 0 Å². The average Bonchev–Trinajstić information content (AvgIpc) is 2.94. The van der Waals surface area contributed by atoms with Crippen LogP contribution in [0.5, 0.6) is 23.0 Å². The second-order valence-corrected chi connectivity index (χ2v) is 10.4. The molecule has 4 aromatic carbocycles. The molecule has 0 aliphatic heterocycles. The zero-order chi connectivity index (χ0) is 29.1. The smallest absolute Gasteiger partial charge is 0.416 e. The van der Waals surface area contributed by atoms with Crippen molar-refractivity contribution >= 4 is 16.7 Å². The maximum atomic E-state index is 14.0. The Morgan fingerprint density at radius 3 is 2.27 bits per heavy atom. The summed E-state index contributed by atoms with van der Waals surface area (Å²) < 4.78 is 55.7. The van der Waals surface area contributed by atoms with E-state index in [1.807, 2.05) is 41.3 Å². The lowest BCUT2D eigenvalue weighted by molar-refractivity contribution is -0.137. The highest BCUT2D eigenvalue weighted by molar-refractivity contribution is 6.00. The van der Waals surface area contributed by atoms with Gasteiger partial charge in [0.15, 0.2) is 0 Å². The Kier molecular flexibility index (Phi) is 8.10. The number of hydrogen-bond acceptors (Lipinski definition) is 4. The number of fused-ring (bicyclic) bond motifs is 1. The topological polar surface area (TPSA) is 48.0 Å². The van der Waals surface area contributed by atoms with Gasteiger partial charge in [-0.25, -0.2) is 0 Å². The van der Waals surface area contributed by atoms with E-state index in [-0.39, 0.29) is 11.9 Å². The number of ether oxygens (including phenoxy) is 3. The third-order valence-corrected chi connectivity index (χ3v) is 7.92. The van der Waals surface area contributed by atoms with Crippen LogP contribution in [0.25, 0.3) is 10.8 Å². The summed E-state index contributed by atoms with van der Waals surface area (Å²) in [7, 11) is 3.20. The molecular formula is C33H32F3NO4. The van der Waals surface area contributed by atoms with Crippen molar-refractivity contribution in [2.24, 2.45) is 5.92 Å². The molecule has 8 heteroatoms. The van der Waals surface area contributed by atoms with Crippen LogP contribution in [0.3, 0.4) is 0 Å². The molecule has 0 N–H and O–H groups in total. The van der Waals surface area contributed by atoms with Crippen molar-refractivity contribution in [1.82, 2.24) is 4.90 Å². The first-order valence-corrected chi connectivity index (χ1v) is 13.6. The Labute approximate surface area is 237 Å². The molecule has 0 aromatic heterocycles. The van der Waals surface area contributed by atoms with Gasteiger partial charge in [0.2, 0.25) is 0 Å². The van der Waals surface area contributed by atoms with E-state index in [0.29, 0.717) is 41.0 Å². The summed E-state index contributed by atoms with van der Waals surface area (Å²) in [5.41, 5.74) is 0.697. The Hall–Kier alpha value is -4.20. The van der Waals surface area contributed by atoms with Crippen LogP contribution in [0.1, 0.15) is 47.7 Å². The van der Waals surface area contributed by atoms with Gasteiger partial charge in [-0.2, -0.15) is 13.2 Å². The maximum Gasteiger partial charge on any atom is 0.416 e. The number of hydrogen-bond donors (Lipinski definition) is 0. The van der Waals surface area contributed by atoms with Crippen molar-refractivity contribution in [2.45, 2.75) is 44.9 Å². The SMILES string of the molecule is COc1ccc(CN(C(=O)c2ccc3c(Oc4ccc(C(F)(F)F)cc4)cccc3c2)C(C)C2CCC2)c(OC)c1. The highest BCUT2D eigenvalue weighted by atomic mass is 19.4. The number of rotatable bonds is 9. The number of halogens is 3. The van der Waals surface area contributed by atoms with E-state index in [4.69, 9.17) is 14.2 Å². The minimum absolute atomic E-state index is 0.0353. The van der Waals surface area contributed by atoms with Crippen LogP contribution in [-0.2, 0) is 12.7 Å². The first-order valence-electron chi connectivity index (χ1n) is 13.6. The van der Waals surface area contributed by atoms with E-state index >= 15 is 0 Å². The predicted molar refractivity (Wildman–Crippen MR) is 152 cm³/mol. The molecule has 1 unspecified atom stereocenters. The summed E-state index contributed by atoms with van der Waals surface area (Å²) in [5.74, 6) is 2.47. The number of nitrogens with zero attached hydrogens (tertiary/aromatic N) is 1. The van der Waals surface area contributed by atoms with Gasteiger partial charge in [0.1, 0.15) is 23.0 Å². The van der Waals surface area contributed by atoms with Gasteiger partial charge in [0.05, 0.1) is 19.8 Å². The Morgan fingerprint density at radius 2 is 1.63 bits per heavy atom. The zero-order valence-electron chi connectivity index (χ0n) is 23.2. The van der Waals surface area contributed by atoms with E-state index in [1.54, 1.807) is 32.4 Å². The largest absolute Gasteiger partial charge is 0.497 e. The molecule has 5 nitrogen and oxygen atoms in total. The normalized spacial score (nSPS) is 14.3. The molecule has 0 heterocycles. The van der Waals surface area contributed by atoms with E-state index in [9.17, 15) is 18.0 Å². The number of amides is 1. The molecule has 1 fully saturated rings. The zero-order valence-corrected chi connectivity index (χ0v) is 23.2. The lowest BCUT2D eigenvalue weighted by atomic mass is 9.79. The van der Waals surface area contributed by atoms with Crippen LogP contribution in [0, 0.1) is 5.92 Å². The molecule has 1 amide bonds. The van der Waals surface area contributed by atoms with Gasteiger partial charge >= 0.3 is 6.18 Å². The molecule has 0 saturated heterocycles. The highest BCUT2D eigenvalue weighted by Crippen LogP contribution is 2.37. The summed E-state index contributed by atoms with van der Waals surface area (Å²) in [6.07, 6.45) is -1.07. The number of methoxy groups -OCH3 is 2. The summed E-state index contributed by atoms with van der Waals surface area (Å²) >= 11 is 0. The van der Waals surface area contributed by atoms with Crippen molar-refractivity contribution in [1.29, 1.82) is 0 Å². The second-order valence-electron chi connectivity index (χ2n) is 10.4. The lowest BCUT2D eigenvalue weighted by Crippen LogP contribution is -2.44. The van der Waals surface area contributed by atoms with Gasteiger partial charge in [0, 0.05) is 35.2 Å². The van der Waals surface area contributed by atoms with Crippen molar-refractivity contribution in [3.05, 3.63) is 95.6 Å². The summed E-state index contributed by atoms with van der Waals surface area (Å²) in [6.45, 7) is 2.49. The van der Waals surface area contributed by atoms with Gasteiger partial charge < -0.3 is 19.1 Å². The van der Waals surface area contributed by atoms with E-state index in [0.717, 1.165) is 41.3 Å². The third kappa shape index (κ3) is 6.11. The minimum Gasteiger partial charge on any atom is -0.497 e. The first kappa shape index (κ1) is 28.3. The number of benzene rings is 4. The Morgan fingerprint density at radius 1 is 0.902 bits per heavy atom. The first-order chi connectivity index (χ1) is 19.7. The van der Waals surface area contributed by atoms with Crippen molar-refractivity contribution in [3.8, 4) is 23.0 Å². The number of carbonyl (C=O) groups is 1. The van der Waals surface area contributed by atoms with Crippen LogP contribution in [0.4, 0.5) is 13.2 Å². The van der Waals surface area contributed by atoms with Gasteiger partial charge in [-0.3, -0.25) is 4.79 Å². The van der Waals surface area contributed by atoms with Crippen molar-refractivity contribution in [2.75, 3.05) is 14.2 Å². The number of carbonyl (C=O) groups excluding carboxylic acids is 1. The Bertz CT molecular complexity index is 1530. The van der Waals surface area contributed by atoms with Crippen LogP contribution in [-0.4, -0.2) is 31.1 Å². The number of alkyl halides is 3. The van der Waals surface area contributed by atoms with Crippen LogP contribution in [0.15, 0.2) is 78.9 Å². The van der Waals surface area contributed by atoms with Gasteiger partial charge in [-0.05, 0) is 91.7 Å². The molecule has 1 aliphatic rings. The molecule has 0 spiro atoms. The van der Waals surface area contributed by atoms with Gasteiger partial charge in [-0.1, -0.05) is 18.6 Å². The van der Waals surface area contributed by atoms with Crippen molar-refractivity contribution < 1.29 is 32.2 Å². The quantitative estimate of drug-likeness (QED) is 0.205. The average molecular weight is 564 g/mol. The molecule has 5 rings (SSSR count). The molecule has 1 aliphatic carbocycles. The van der Waals surface area contributed by atoms with Gasteiger partial charge in [0.25, 0.3) is 5.91 Å². The lowest BCUT2D eigenvalue weighted by Gasteiger charge is -2.39.